The highest BCUT2D eigenvalue weighted by Crippen LogP contribution is 2.53. The van der Waals surface area contributed by atoms with Crippen LogP contribution in [0.4, 0.5) is 0 Å². The van der Waals surface area contributed by atoms with Crippen molar-refractivity contribution in [2.45, 2.75) is 39.4 Å². The molecule has 4 rings (SSSR count). The smallest absolute Gasteiger partial charge is 0.374 e. The van der Waals surface area contributed by atoms with Gasteiger partial charge in [0.15, 0.2) is 0 Å². The number of fused-ring (bicyclic) bond motifs is 2. The second-order valence-corrected chi connectivity index (χ2v) is 7.34. The number of carbonyl (C=O) groups excluding carboxylic acids is 2. The van der Waals surface area contributed by atoms with Crippen LogP contribution in [0.5, 0.6) is 0 Å². The molecule has 0 saturated carbocycles. The summed E-state index contributed by atoms with van der Waals surface area (Å²) in [5.41, 5.74) is 2.00. The Morgan fingerprint density at radius 1 is 1.42 bits per heavy atom. The standard InChI is InChI=1S/C20H20O6/c1-10-13-9-20(3)11(2)17(26-19(23)15-5-4-6-24-15)14(21)7-12(20)8-16(13)25-18(10)22/h4-8,11,14,17,21H,9H2,1-3H3/t11-,14-,17+,20+/m0/s1. The van der Waals surface area contributed by atoms with Gasteiger partial charge in [0, 0.05) is 22.5 Å². The molecule has 1 aliphatic heterocycles. The molecule has 0 spiro atoms. The van der Waals surface area contributed by atoms with Gasteiger partial charge in [0.1, 0.15) is 18.0 Å². The summed E-state index contributed by atoms with van der Waals surface area (Å²) in [5.74, 6) is -0.452. The lowest BCUT2D eigenvalue weighted by atomic mass is 9.60. The predicted molar refractivity (Wildman–Crippen MR) is 90.8 cm³/mol. The lowest BCUT2D eigenvalue weighted by Crippen LogP contribution is -2.48. The molecule has 6 heteroatoms. The van der Waals surface area contributed by atoms with E-state index in [2.05, 4.69) is 6.92 Å². The monoisotopic (exact) mass is 356 g/mol. The lowest BCUT2D eigenvalue weighted by Gasteiger charge is -2.47. The first-order chi connectivity index (χ1) is 12.3. The third-order valence-electron chi connectivity index (χ3n) is 5.90. The minimum atomic E-state index is -0.951. The zero-order chi connectivity index (χ0) is 18.6. The van der Waals surface area contributed by atoms with Crippen LogP contribution in [-0.2, 0) is 14.3 Å². The Bertz CT molecular complexity index is 872. The molecule has 1 aromatic heterocycles. The largest absolute Gasteiger partial charge is 0.457 e. The summed E-state index contributed by atoms with van der Waals surface area (Å²) in [7, 11) is 0. The van der Waals surface area contributed by atoms with E-state index in [4.69, 9.17) is 13.9 Å². The van der Waals surface area contributed by atoms with Gasteiger partial charge in [-0.3, -0.25) is 0 Å². The van der Waals surface area contributed by atoms with Gasteiger partial charge >= 0.3 is 11.9 Å². The molecule has 0 radical (unpaired) electrons. The SMILES string of the molecule is CC1=C2C[C@@]3(C)C(=C[C@H](O)[C@H](OC(=O)c4ccco4)[C@@H]3C)C=C2OC1=O. The van der Waals surface area contributed by atoms with E-state index in [-0.39, 0.29) is 23.1 Å². The number of carbonyl (C=O) groups is 2. The van der Waals surface area contributed by atoms with E-state index in [1.165, 1.54) is 12.3 Å². The van der Waals surface area contributed by atoms with Crippen molar-refractivity contribution in [2.24, 2.45) is 11.3 Å². The van der Waals surface area contributed by atoms with E-state index in [0.29, 0.717) is 17.8 Å². The Kier molecular flexibility index (Phi) is 3.70. The fraction of sp³-hybridized carbons (Fsp3) is 0.400. The van der Waals surface area contributed by atoms with E-state index in [1.54, 1.807) is 19.1 Å². The Hall–Kier alpha value is -2.60. The highest BCUT2D eigenvalue weighted by atomic mass is 16.6. The van der Waals surface area contributed by atoms with Crippen molar-refractivity contribution in [1.82, 2.24) is 0 Å². The number of aliphatic hydroxyl groups is 1. The van der Waals surface area contributed by atoms with Crippen molar-refractivity contribution in [3.05, 3.63) is 58.8 Å². The van der Waals surface area contributed by atoms with Crippen LogP contribution in [0, 0.1) is 11.3 Å². The third-order valence-corrected chi connectivity index (χ3v) is 5.90. The van der Waals surface area contributed by atoms with Gasteiger partial charge in [0.2, 0.25) is 5.76 Å². The Morgan fingerprint density at radius 3 is 2.88 bits per heavy atom. The van der Waals surface area contributed by atoms with E-state index < -0.39 is 18.2 Å². The summed E-state index contributed by atoms with van der Waals surface area (Å²) >= 11 is 0. The third kappa shape index (κ3) is 2.36. The fourth-order valence-corrected chi connectivity index (χ4v) is 4.01. The minimum absolute atomic E-state index is 0.100. The second kappa shape index (κ2) is 5.71. The highest BCUT2D eigenvalue weighted by Gasteiger charge is 2.50. The van der Waals surface area contributed by atoms with E-state index in [1.807, 2.05) is 13.0 Å². The van der Waals surface area contributed by atoms with E-state index in [0.717, 1.165) is 11.1 Å². The molecule has 0 saturated heterocycles. The van der Waals surface area contributed by atoms with Crippen molar-refractivity contribution in [3.8, 4) is 0 Å². The molecule has 26 heavy (non-hydrogen) atoms. The van der Waals surface area contributed by atoms with Crippen LogP contribution >= 0.6 is 0 Å². The number of hydrogen-bond acceptors (Lipinski definition) is 6. The summed E-state index contributed by atoms with van der Waals surface area (Å²) in [6.45, 7) is 5.76. The summed E-state index contributed by atoms with van der Waals surface area (Å²) in [6.07, 6.45) is 3.83. The van der Waals surface area contributed by atoms with Crippen LogP contribution in [0.1, 0.15) is 37.7 Å². The first-order valence-corrected chi connectivity index (χ1v) is 8.60. The highest BCUT2D eigenvalue weighted by molar-refractivity contribution is 5.94. The van der Waals surface area contributed by atoms with Gasteiger partial charge in [0.05, 0.1) is 6.26 Å². The van der Waals surface area contributed by atoms with Crippen LogP contribution < -0.4 is 0 Å². The maximum absolute atomic E-state index is 12.3. The Balaban J connectivity index is 1.68. The molecule has 0 unspecified atom stereocenters. The van der Waals surface area contributed by atoms with Gasteiger partial charge < -0.3 is 19.0 Å². The molecule has 0 bridgehead atoms. The molecule has 4 atom stereocenters. The normalized spacial score (nSPS) is 33.1. The zero-order valence-electron chi connectivity index (χ0n) is 14.8. The lowest BCUT2D eigenvalue weighted by molar-refractivity contribution is -0.133. The maximum Gasteiger partial charge on any atom is 0.374 e. The number of furan rings is 1. The van der Waals surface area contributed by atoms with Gasteiger partial charge in [0.25, 0.3) is 0 Å². The summed E-state index contributed by atoms with van der Waals surface area (Å²) < 4.78 is 16.0. The van der Waals surface area contributed by atoms with Crippen LogP contribution in [0.25, 0.3) is 0 Å². The molecule has 3 aliphatic rings. The number of rotatable bonds is 2. The molecule has 1 N–H and O–H groups in total. The summed E-state index contributed by atoms with van der Waals surface area (Å²) in [4.78, 5) is 24.1. The second-order valence-electron chi connectivity index (χ2n) is 7.34. The van der Waals surface area contributed by atoms with Gasteiger partial charge in [-0.2, -0.15) is 0 Å². The fourth-order valence-electron chi connectivity index (χ4n) is 4.01. The van der Waals surface area contributed by atoms with Crippen molar-refractivity contribution in [1.29, 1.82) is 0 Å². The molecule has 136 valence electrons. The van der Waals surface area contributed by atoms with Gasteiger partial charge in [-0.15, -0.1) is 0 Å². The quantitative estimate of drug-likeness (QED) is 0.820. The Morgan fingerprint density at radius 2 is 2.19 bits per heavy atom. The number of allylic oxidation sites excluding steroid dienone is 3. The molecule has 0 fully saturated rings. The average molecular weight is 356 g/mol. The minimum Gasteiger partial charge on any atom is -0.457 e. The van der Waals surface area contributed by atoms with E-state index >= 15 is 0 Å². The van der Waals surface area contributed by atoms with Gasteiger partial charge in [-0.05, 0) is 43.2 Å². The summed E-state index contributed by atoms with van der Waals surface area (Å²) in [6, 6.07) is 3.13. The topological polar surface area (TPSA) is 86.0 Å². The average Bonchev–Trinajstić information content (AvgIpc) is 3.22. The van der Waals surface area contributed by atoms with Crippen molar-refractivity contribution in [2.75, 3.05) is 0 Å². The predicted octanol–water partition coefficient (Wildman–Crippen LogP) is 2.91. The van der Waals surface area contributed by atoms with Crippen molar-refractivity contribution >= 4 is 11.9 Å². The molecule has 1 aromatic rings. The molecule has 0 aromatic carbocycles. The maximum atomic E-state index is 12.3. The van der Waals surface area contributed by atoms with Gasteiger partial charge in [-0.1, -0.05) is 13.8 Å². The molecule has 2 aliphatic carbocycles. The number of ether oxygens (including phenoxy) is 2. The molecular weight excluding hydrogens is 336 g/mol. The first-order valence-electron chi connectivity index (χ1n) is 8.60. The molecule has 6 nitrogen and oxygen atoms in total. The van der Waals surface area contributed by atoms with E-state index in [9.17, 15) is 14.7 Å². The van der Waals surface area contributed by atoms with Crippen molar-refractivity contribution < 1.29 is 28.6 Å². The van der Waals surface area contributed by atoms with Crippen LogP contribution in [0.15, 0.2) is 57.4 Å². The number of hydrogen-bond donors (Lipinski definition) is 1. The van der Waals surface area contributed by atoms with Gasteiger partial charge in [-0.25, -0.2) is 9.59 Å². The number of esters is 2. The number of aliphatic hydroxyl groups excluding tert-OH is 1. The van der Waals surface area contributed by atoms with Crippen LogP contribution in [0.2, 0.25) is 0 Å². The van der Waals surface area contributed by atoms with Crippen LogP contribution in [-0.4, -0.2) is 29.3 Å². The van der Waals surface area contributed by atoms with Crippen molar-refractivity contribution in [3.63, 3.8) is 0 Å². The molecule has 0 amide bonds. The molecular formula is C20H20O6. The zero-order valence-corrected chi connectivity index (χ0v) is 14.8. The Labute approximate surface area is 150 Å². The summed E-state index contributed by atoms with van der Waals surface area (Å²) in [5, 5.41) is 10.6. The molecule has 2 heterocycles. The first kappa shape index (κ1) is 16.8. The van der Waals surface area contributed by atoms with Crippen LogP contribution in [0.3, 0.4) is 0 Å².